The van der Waals surface area contributed by atoms with Crippen LogP contribution >= 0.6 is 11.8 Å². The molecule has 0 aliphatic heterocycles. The zero-order valence-electron chi connectivity index (χ0n) is 16.9. The summed E-state index contributed by atoms with van der Waals surface area (Å²) >= 11 is 1.79. The Morgan fingerprint density at radius 3 is 2.62 bits per heavy atom. The molecule has 0 radical (unpaired) electrons. The summed E-state index contributed by atoms with van der Waals surface area (Å²) < 4.78 is 15.9. The normalized spacial score (nSPS) is 11.7. The lowest BCUT2D eigenvalue weighted by Crippen LogP contribution is -2.09. The molecule has 0 unspecified atom stereocenters. The van der Waals surface area contributed by atoms with Crippen molar-refractivity contribution in [2.45, 2.75) is 11.8 Å². The fourth-order valence-electron chi connectivity index (χ4n) is 2.73. The van der Waals surface area contributed by atoms with E-state index in [1.54, 1.807) is 18.9 Å². The van der Waals surface area contributed by atoms with Crippen molar-refractivity contribution in [2.24, 2.45) is 4.99 Å². The number of hydrogen-bond acceptors (Lipinski definition) is 6. The predicted molar refractivity (Wildman–Crippen MR) is 119 cm³/mol. The monoisotopic (exact) mass is 413 g/mol. The van der Waals surface area contributed by atoms with Gasteiger partial charge in [0, 0.05) is 24.0 Å². The molecule has 0 saturated heterocycles. The predicted octanol–water partition coefficient (Wildman–Crippen LogP) is 4.39. The molecule has 0 spiro atoms. The van der Waals surface area contributed by atoms with Crippen molar-refractivity contribution < 1.29 is 14.2 Å². The van der Waals surface area contributed by atoms with Crippen molar-refractivity contribution in [3.63, 3.8) is 0 Å². The standard InChI is InChI=1S/C22H27N3O3S/c1-17-18(16-23-22-24-19-7-3-4-8-20(19)25-22)6-5-9-21(17)29-15-14-28-13-12-27-11-10-26-2/h3-9,16H,10-15H2,1-2H3,(H,24,25)/b23-16+. The molecule has 1 heterocycles. The van der Waals surface area contributed by atoms with Gasteiger partial charge in [-0.3, -0.25) is 0 Å². The number of ether oxygens (including phenoxy) is 3. The van der Waals surface area contributed by atoms with E-state index in [-0.39, 0.29) is 0 Å². The molecule has 7 heteroatoms. The zero-order valence-corrected chi connectivity index (χ0v) is 17.7. The van der Waals surface area contributed by atoms with E-state index in [1.165, 1.54) is 10.5 Å². The summed E-state index contributed by atoms with van der Waals surface area (Å²) in [6.45, 7) is 5.23. The molecule has 0 fully saturated rings. The fraction of sp³-hybridized carbons (Fsp3) is 0.364. The first-order valence-corrected chi connectivity index (χ1v) is 10.6. The SMILES string of the molecule is COCCOCCOCCSc1cccc(/C=N/c2nc3ccccc3[nH]2)c1C. The van der Waals surface area contributed by atoms with Crippen LogP contribution in [0.15, 0.2) is 52.4 Å². The Labute approximate surface area is 175 Å². The average Bonchev–Trinajstić information content (AvgIpc) is 3.16. The molecule has 2 aromatic carbocycles. The van der Waals surface area contributed by atoms with Gasteiger partial charge in [0.15, 0.2) is 0 Å². The summed E-state index contributed by atoms with van der Waals surface area (Å²) in [5.41, 5.74) is 4.21. The number of aromatic nitrogens is 2. The molecule has 0 aliphatic carbocycles. The first kappa shape index (κ1) is 21.5. The Morgan fingerprint density at radius 2 is 1.79 bits per heavy atom. The molecule has 0 atom stereocenters. The van der Waals surface area contributed by atoms with Crippen LogP contribution in [0.4, 0.5) is 5.95 Å². The molecule has 1 N–H and O–H groups in total. The Bertz CT molecular complexity index is 894. The second kappa shape index (κ2) is 11.7. The van der Waals surface area contributed by atoms with Gasteiger partial charge in [-0.25, -0.2) is 9.98 Å². The average molecular weight is 414 g/mol. The molecule has 6 nitrogen and oxygen atoms in total. The number of fused-ring (bicyclic) bond motifs is 1. The molecule has 0 aliphatic rings. The van der Waals surface area contributed by atoms with E-state index in [4.69, 9.17) is 14.2 Å². The number of imidazole rings is 1. The fourth-order valence-corrected chi connectivity index (χ4v) is 3.66. The summed E-state index contributed by atoms with van der Waals surface area (Å²) in [5.74, 6) is 1.51. The second-order valence-corrected chi connectivity index (χ2v) is 7.51. The van der Waals surface area contributed by atoms with Gasteiger partial charge in [-0.1, -0.05) is 24.3 Å². The van der Waals surface area contributed by atoms with Gasteiger partial charge in [0.05, 0.1) is 44.1 Å². The molecular formula is C22H27N3O3S. The van der Waals surface area contributed by atoms with E-state index >= 15 is 0 Å². The zero-order chi connectivity index (χ0) is 20.3. The van der Waals surface area contributed by atoms with Crippen LogP contribution in [-0.4, -0.2) is 62.1 Å². The molecule has 29 heavy (non-hydrogen) atoms. The highest BCUT2D eigenvalue weighted by atomic mass is 32.2. The number of methoxy groups -OCH3 is 1. The largest absolute Gasteiger partial charge is 0.382 e. The van der Waals surface area contributed by atoms with Crippen LogP contribution in [0, 0.1) is 6.92 Å². The summed E-state index contributed by atoms with van der Waals surface area (Å²) in [5, 5.41) is 0. The molecule has 1 aromatic heterocycles. The quantitative estimate of drug-likeness (QED) is 0.271. The number of aromatic amines is 1. The maximum absolute atomic E-state index is 5.61. The van der Waals surface area contributed by atoms with Crippen LogP contribution in [0.2, 0.25) is 0 Å². The minimum atomic E-state index is 0.598. The van der Waals surface area contributed by atoms with Gasteiger partial charge in [-0.2, -0.15) is 0 Å². The minimum Gasteiger partial charge on any atom is -0.382 e. The molecular weight excluding hydrogens is 386 g/mol. The number of nitrogens with zero attached hydrogens (tertiary/aromatic N) is 2. The Balaban J connectivity index is 1.47. The van der Waals surface area contributed by atoms with Gasteiger partial charge in [-0.05, 0) is 36.2 Å². The lowest BCUT2D eigenvalue weighted by molar-refractivity contribution is 0.0286. The Hall–Kier alpha value is -2.19. The van der Waals surface area contributed by atoms with E-state index in [0.717, 1.165) is 22.3 Å². The Morgan fingerprint density at radius 1 is 1.00 bits per heavy atom. The summed E-state index contributed by atoms with van der Waals surface area (Å²) in [6, 6.07) is 14.2. The van der Waals surface area contributed by atoms with Gasteiger partial charge in [0.1, 0.15) is 0 Å². The van der Waals surface area contributed by atoms with E-state index < -0.39 is 0 Å². The summed E-state index contributed by atoms with van der Waals surface area (Å²) in [4.78, 5) is 13.5. The topological polar surface area (TPSA) is 68.7 Å². The van der Waals surface area contributed by atoms with Crippen molar-refractivity contribution in [1.82, 2.24) is 9.97 Å². The second-order valence-electron chi connectivity index (χ2n) is 6.37. The van der Waals surface area contributed by atoms with Crippen molar-refractivity contribution in [2.75, 3.05) is 45.9 Å². The number of hydrogen-bond donors (Lipinski definition) is 1. The summed E-state index contributed by atoms with van der Waals surface area (Å²) in [6.07, 6.45) is 1.87. The van der Waals surface area contributed by atoms with Crippen molar-refractivity contribution in [1.29, 1.82) is 0 Å². The van der Waals surface area contributed by atoms with Gasteiger partial charge in [0.2, 0.25) is 5.95 Å². The maximum atomic E-state index is 5.61. The summed E-state index contributed by atoms with van der Waals surface area (Å²) in [7, 11) is 1.67. The number of aliphatic imine (C=N–C) groups is 1. The maximum Gasteiger partial charge on any atom is 0.227 e. The number of benzene rings is 2. The number of para-hydroxylation sites is 2. The third-order valence-electron chi connectivity index (χ3n) is 4.32. The van der Waals surface area contributed by atoms with Crippen LogP contribution in [0.1, 0.15) is 11.1 Å². The molecule has 3 rings (SSSR count). The van der Waals surface area contributed by atoms with E-state index in [0.29, 0.717) is 39.0 Å². The van der Waals surface area contributed by atoms with Crippen LogP contribution in [-0.2, 0) is 14.2 Å². The lowest BCUT2D eigenvalue weighted by Gasteiger charge is -2.09. The lowest BCUT2D eigenvalue weighted by atomic mass is 10.1. The minimum absolute atomic E-state index is 0.598. The first-order chi connectivity index (χ1) is 14.3. The van der Waals surface area contributed by atoms with Gasteiger partial charge < -0.3 is 19.2 Å². The van der Waals surface area contributed by atoms with Crippen LogP contribution < -0.4 is 0 Å². The third-order valence-corrected chi connectivity index (χ3v) is 5.44. The van der Waals surface area contributed by atoms with Crippen molar-refractivity contribution in [3.8, 4) is 0 Å². The third kappa shape index (κ3) is 6.68. The van der Waals surface area contributed by atoms with E-state index in [9.17, 15) is 0 Å². The van der Waals surface area contributed by atoms with Gasteiger partial charge >= 0.3 is 0 Å². The molecule has 0 saturated carbocycles. The van der Waals surface area contributed by atoms with E-state index in [1.807, 2.05) is 30.5 Å². The molecule has 0 amide bonds. The Kier molecular flexibility index (Phi) is 8.70. The number of H-pyrrole nitrogens is 1. The number of thioether (sulfide) groups is 1. The van der Waals surface area contributed by atoms with Gasteiger partial charge in [0.25, 0.3) is 0 Å². The highest BCUT2D eigenvalue weighted by Crippen LogP contribution is 2.24. The van der Waals surface area contributed by atoms with Crippen LogP contribution in [0.25, 0.3) is 11.0 Å². The first-order valence-electron chi connectivity index (χ1n) is 9.63. The number of rotatable bonds is 12. The molecule has 0 bridgehead atoms. The van der Waals surface area contributed by atoms with Crippen LogP contribution in [0.3, 0.4) is 0 Å². The van der Waals surface area contributed by atoms with E-state index in [2.05, 4.69) is 40.1 Å². The van der Waals surface area contributed by atoms with Crippen molar-refractivity contribution >= 4 is 35.0 Å². The molecule has 154 valence electrons. The van der Waals surface area contributed by atoms with Gasteiger partial charge in [-0.15, -0.1) is 11.8 Å². The smallest absolute Gasteiger partial charge is 0.227 e. The molecule has 3 aromatic rings. The van der Waals surface area contributed by atoms with Crippen molar-refractivity contribution in [3.05, 3.63) is 53.6 Å². The van der Waals surface area contributed by atoms with Crippen LogP contribution in [0.5, 0.6) is 0 Å². The highest BCUT2D eigenvalue weighted by molar-refractivity contribution is 7.99. The number of nitrogens with one attached hydrogen (secondary N) is 1. The highest BCUT2D eigenvalue weighted by Gasteiger charge is 2.04.